The number of carbonyl (C=O) groups excluding carboxylic acids is 2. The molecule has 0 aliphatic heterocycles. The van der Waals surface area contributed by atoms with E-state index in [2.05, 4.69) is 4.74 Å². The van der Waals surface area contributed by atoms with Gasteiger partial charge in [-0.05, 0) is 13.0 Å². The van der Waals surface area contributed by atoms with E-state index < -0.39 is 11.8 Å². The van der Waals surface area contributed by atoms with Crippen LogP contribution in [0.5, 0.6) is 17.2 Å². The second-order valence-corrected chi connectivity index (χ2v) is 3.46. The minimum absolute atomic E-state index is 0.0681. The van der Waals surface area contributed by atoms with E-state index in [0.29, 0.717) is 11.5 Å². The summed E-state index contributed by atoms with van der Waals surface area (Å²) < 4.78 is 19.9. The van der Waals surface area contributed by atoms with Crippen molar-refractivity contribution in [3.8, 4) is 17.2 Å². The van der Waals surface area contributed by atoms with Gasteiger partial charge in [0, 0.05) is 6.07 Å². The van der Waals surface area contributed by atoms with Crippen molar-refractivity contribution in [3.63, 3.8) is 0 Å². The number of Topliss-reactive ketones (excluding diaryl/α,β-unsaturated/α-hetero) is 1. The second-order valence-electron chi connectivity index (χ2n) is 3.46. The van der Waals surface area contributed by atoms with Gasteiger partial charge in [-0.2, -0.15) is 0 Å². The van der Waals surface area contributed by atoms with E-state index >= 15 is 0 Å². The third-order valence-electron chi connectivity index (χ3n) is 2.41. The SMILES string of the molecule is CCOC(=O)C(=O)c1cc(OC)c(OC)cc1OC. The zero-order valence-corrected chi connectivity index (χ0v) is 11.3. The molecule has 0 amide bonds. The maximum absolute atomic E-state index is 11.9. The molecular formula is C13H16O6. The fourth-order valence-electron chi connectivity index (χ4n) is 1.51. The second kappa shape index (κ2) is 6.63. The third kappa shape index (κ3) is 3.15. The van der Waals surface area contributed by atoms with Crippen LogP contribution in [0.15, 0.2) is 12.1 Å². The maximum atomic E-state index is 11.9. The number of esters is 1. The number of carbonyl (C=O) groups is 2. The maximum Gasteiger partial charge on any atom is 0.379 e. The third-order valence-corrected chi connectivity index (χ3v) is 2.41. The van der Waals surface area contributed by atoms with Crippen LogP contribution in [-0.2, 0) is 9.53 Å². The molecule has 0 aliphatic rings. The monoisotopic (exact) mass is 268 g/mol. The predicted octanol–water partition coefficient (Wildman–Crippen LogP) is 1.46. The van der Waals surface area contributed by atoms with Crippen LogP contribution in [-0.4, -0.2) is 39.7 Å². The van der Waals surface area contributed by atoms with E-state index in [0.717, 1.165) is 0 Å². The molecule has 0 aliphatic carbocycles. The van der Waals surface area contributed by atoms with E-state index in [4.69, 9.17) is 14.2 Å². The van der Waals surface area contributed by atoms with Crippen molar-refractivity contribution in [1.29, 1.82) is 0 Å². The Balaban J connectivity index is 3.25. The summed E-state index contributed by atoms with van der Waals surface area (Å²) in [6.45, 7) is 1.75. The molecule has 0 unspecified atom stereocenters. The van der Waals surface area contributed by atoms with Crippen molar-refractivity contribution in [1.82, 2.24) is 0 Å². The summed E-state index contributed by atoms with van der Waals surface area (Å²) in [4.78, 5) is 23.4. The van der Waals surface area contributed by atoms with Crippen LogP contribution < -0.4 is 14.2 Å². The van der Waals surface area contributed by atoms with Gasteiger partial charge in [0.1, 0.15) is 5.75 Å². The molecule has 1 rings (SSSR count). The molecule has 0 bridgehead atoms. The highest BCUT2D eigenvalue weighted by molar-refractivity contribution is 6.41. The van der Waals surface area contributed by atoms with Gasteiger partial charge in [0.2, 0.25) is 0 Å². The van der Waals surface area contributed by atoms with Gasteiger partial charge in [0.25, 0.3) is 5.78 Å². The molecule has 0 atom stereocenters. The average Bonchev–Trinajstić information content (AvgIpc) is 2.45. The predicted molar refractivity (Wildman–Crippen MR) is 67.1 cm³/mol. The van der Waals surface area contributed by atoms with Crippen molar-refractivity contribution in [3.05, 3.63) is 17.7 Å². The van der Waals surface area contributed by atoms with Crippen molar-refractivity contribution in [2.45, 2.75) is 6.92 Å². The lowest BCUT2D eigenvalue weighted by Gasteiger charge is -2.12. The lowest BCUT2D eigenvalue weighted by Crippen LogP contribution is -2.18. The van der Waals surface area contributed by atoms with Crippen molar-refractivity contribution in [2.75, 3.05) is 27.9 Å². The highest BCUT2D eigenvalue weighted by atomic mass is 16.5. The van der Waals surface area contributed by atoms with Gasteiger partial charge >= 0.3 is 5.97 Å². The minimum Gasteiger partial charge on any atom is -0.496 e. The highest BCUT2D eigenvalue weighted by Crippen LogP contribution is 2.34. The number of methoxy groups -OCH3 is 3. The zero-order valence-electron chi connectivity index (χ0n) is 11.3. The average molecular weight is 268 g/mol. The van der Waals surface area contributed by atoms with Crippen molar-refractivity contribution in [2.24, 2.45) is 0 Å². The van der Waals surface area contributed by atoms with Crippen LogP contribution in [0.25, 0.3) is 0 Å². The smallest absolute Gasteiger partial charge is 0.379 e. The van der Waals surface area contributed by atoms with Crippen LogP contribution >= 0.6 is 0 Å². The van der Waals surface area contributed by atoms with Gasteiger partial charge in [-0.1, -0.05) is 0 Å². The van der Waals surface area contributed by atoms with Crippen LogP contribution in [0.3, 0.4) is 0 Å². The van der Waals surface area contributed by atoms with Crippen LogP contribution in [0.4, 0.5) is 0 Å². The van der Waals surface area contributed by atoms with Crippen molar-refractivity contribution >= 4 is 11.8 Å². The summed E-state index contributed by atoms with van der Waals surface area (Å²) in [6, 6.07) is 2.86. The molecule has 0 spiro atoms. The van der Waals surface area contributed by atoms with E-state index in [9.17, 15) is 9.59 Å². The van der Waals surface area contributed by atoms with Gasteiger partial charge in [-0.25, -0.2) is 4.79 Å². The standard InChI is InChI=1S/C13H16O6/c1-5-19-13(15)12(14)8-6-10(17-3)11(18-4)7-9(8)16-2/h6-7H,5H2,1-4H3. The summed E-state index contributed by atoms with van der Waals surface area (Å²) >= 11 is 0. The first-order valence-electron chi connectivity index (χ1n) is 5.60. The fourth-order valence-corrected chi connectivity index (χ4v) is 1.51. The lowest BCUT2D eigenvalue weighted by molar-refractivity contribution is -0.137. The summed E-state index contributed by atoms with van der Waals surface area (Å²) in [5.74, 6) is -0.779. The normalized spacial score (nSPS) is 9.68. The van der Waals surface area contributed by atoms with Crippen LogP contribution in [0.2, 0.25) is 0 Å². The quantitative estimate of drug-likeness (QED) is 0.442. The molecule has 19 heavy (non-hydrogen) atoms. The molecule has 0 fully saturated rings. The molecule has 6 nitrogen and oxygen atoms in total. The largest absolute Gasteiger partial charge is 0.496 e. The number of benzene rings is 1. The molecule has 0 radical (unpaired) electrons. The summed E-state index contributed by atoms with van der Waals surface area (Å²) in [5.41, 5.74) is 0.0681. The van der Waals surface area contributed by atoms with Gasteiger partial charge in [0.15, 0.2) is 11.5 Å². The topological polar surface area (TPSA) is 71.1 Å². The fraction of sp³-hybridized carbons (Fsp3) is 0.385. The molecule has 0 heterocycles. The van der Waals surface area contributed by atoms with Gasteiger partial charge in [-0.3, -0.25) is 4.79 Å². The Labute approximate surface area is 111 Å². The Hall–Kier alpha value is -2.24. The zero-order chi connectivity index (χ0) is 14.4. The first-order valence-corrected chi connectivity index (χ1v) is 5.60. The Kier molecular flexibility index (Phi) is 5.17. The summed E-state index contributed by atoms with van der Waals surface area (Å²) in [7, 11) is 4.29. The van der Waals surface area contributed by atoms with Gasteiger partial charge in [0.05, 0.1) is 33.5 Å². The first kappa shape index (κ1) is 14.8. The van der Waals surface area contributed by atoms with Gasteiger partial charge < -0.3 is 18.9 Å². The number of ketones is 1. The molecule has 104 valence electrons. The number of hydrogen-bond acceptors (Lipinski definition) is 6. The number of rotatable bonds is 6. The highest BCUT2D eigenvalue weighted by Gasteiger charge is 2.24. The lowest BCUT2D eigenvalue weighted by atomic mass is 10.1. The Bertz CT molecular complexity index is 480. The van der Waals surface area contributed by atoms with E-state index in [-0.39, 0.29) is 17.9 Å². The molecule has 1 aromatic carbocycles. The molecule has 6 heteroatoms. The molecule has 0 N–H and O–H groups in total. The summed E-state index contributed by atoms with van der Waals surface area (Å²) in [5, 5.41) is 0. The molecule has 0 saturated carbocycles. The van der Waals surface area contributed by atoms with E-state index in [1.54, 1.807) is 6.92 Å². The van der Waals surface area contributed by atoms with Crippen LogP contribution in [0, 0.1) is 0 Å². The molecule has 1 aromatic rings. The summed E-state index contributed by atoms with van der Waals surface area (Å²) in [6.07, 6.45) is 0. The van der Waals surface area contributed by atoms with Crippen molar-refractivity contribution < 1.29 is 28.5 Å². The molecule has 0 saturated heterocycles. The minimum atomic E-state index is -0.937. The number of hydrogen-bond donors (Lipinski definition) is 0. The van der Waals surface area contributed by atoms with Gasteiger partial charge in [-0.15, -0.1) is 0 Å². The number of ether oxygens (including phenoxy) is 4. The van der Waals surface area contributed by atoms with Crippen LogP contribution in [0.1, 0.15) is 17.3 Å². The Morgan fingerprint density at radius 1 is 0.947 bits per heavy atom. The first-order chi connectivity index (χ1) is 9.08. The van der Waals surface area contributed by atoms with E-state index in [1.807, 2.05) is 0 Å². The molecular weight excluding hydrogens is 252 g/mol. The molecule has 0 aromatic heterocycles. The van der Waals surface area contributed by atoms with E-state index in [1.165, 1.54) is 33.5 Å². The Morgan fingerprint density at radius 2 is 1.47 bits per heavy atom. The Morgan fingerprint density at radius 3 is 1.95 bits per heavy atom.